The van der Waals surface area contributed by atoms with Crippen molar-refractivity contribution < 1.29 is 14.3 Å². The Balaban J connectivity index is 2.48. The number of carbonyl (C=O) groups excluding carboxylic acids is 1. The zero-order valence-electron chi connectivity index (χ0n) is 19.1. The van der Waals surface area contributed by atoms with Gasteiger partial charge in [-0.3, -0.25) is 14.7 Å². The predicted octanol–water partition coefficient (Wildman–Crippen LogP) is 5.08. The molecule has 3 rings (SSSR count). The number of aryl methyl sites for hydroxylation is 2. The van der Waals surface area contributed by atoms with Gasteiger partial charge in [0.15, 0.2) is 0 Å². The van der Waals surface area contributed by atoms with Crippen LogP contribution in [0, 0.1) is 35.7 Å². The molecule has 1 amide bonds. The van der Waals surface area contributed by atoms with E-state index in [9.17, 15) is 14.9 Å². The number of nitrogens with zero attached hydrogens (tertiary/aromatic N) is 2. The molecule has 3 aromatic rings. The van der Waals surface area contributed by atoms with E-state index in [4.69, 9.17) is 9.47 Å². The van der Waals surface area contributed by atoms with Crippen molar-refractivity contribution >= 4 is 45.5 Å². The van der Waals surface area contributed by atoms with Gasteiger partial charge in [0.1, 0.15) is 34.4 Å². The molecule has 2 heterocycles. The van der Waals surface area contributed by atoms with Crippen LogP contribution in [0.1, 0.15) is 43.2 Å². The Morgan fingerprint density at radius 1 is 1.25 bits per heavy atom. The van der Waals surface area contributed by atoms with Crippen molar-refractivity contribution in [3.63, 3.8) is 0 Å². The highest BCUT2D eigenvalue weighted by atomic mass is 127. The lowest BCUT2D eigenvalue weighted by molar-refractivity contribution is 0.0635. The first-order valence-electron chi connectivity index (χ1n) is 9.92. The number of rotatable bonds is 3. The number of H-pyrrole nitrogens is 1. The molecule has 0 unspecified atom stereocenters. The Hall–Kier alpha value is -3.00. The van der Waals surface area contributed by atoms with Crippen LogP contribution in [0.4, 0.5) is 10.6 Å². The van der Waals surface area contributed by atoms with E-state index in [2.05, 4.69) is 16.4 Å². The van der Waals surface area contributed by atoms with Crippen LogP contribution >= 0.6 is 22.6 Å². The van der Waals surface area contributed by atoms with Gasteiger partial charge >= 0.3 is 6.09 Å². The van der Waals surface area contributed by atoms with Gasteiger partial charge in [-0.15, -0.1) is 0 Å². The number of methoxy groups -OCH3 is 1. The van der Waals surface area contributed by atoms with E-state index in [1.165, 1.54) is 0 Å². The summed E-state index contributed by atoms with van der Waals surface area (Å²) in [7, 11) is 1.57. The molecule has 0 spiro atoms. The number of hydrogen-bond donors (Lipinski definition) is 2. The minimum atomic E-state index is -0.739. The molecule has 32 heavy (non-hydrogen) atoms. The first-order chi connectivity index (χ1) is 14.9. The number of carbonyl (C=O) groups is 1. The number of ether oxygens (including phenoxy) is 2. The van der Waals surface area contributed by atoms with E-state index in [1.807, 2.05) is 48.6 Å². The number of benzene rings is 1. The van der Waals surface area contributed by atoms with Crippen LogP contribution in [0.2, 0.25) is 0 Å². The molecule has 0 atom stereocenters. The van der Waals surface area contributed by atoms with Gasteiger partial charge in [0.25, 0.3) is 0 Å². The molecule has 0 radical (unpaired) electrons. The van der Waals surface area contributed by atoms with Gasteiger partial charge in [0.05, 0.1) is 21.8 Å². The highest BCUT2D eigenvalue weighted by Gasteiger charge is 2.28. The maximum Gasteiger partial charge on any atom is 0.413 e. The van der Waals surface area contributed by atoms with Crippen LogP contribution < -0.4 is 15.5 Å². The molecule has 2 aromatic heterocycles. The Kier molecular flexibility index (Phi) is 6.29. The van der Waals surface area contributed by atoms with Crippen molar-refractivity contribution in [2.24, 2.45) is 0 Å². The lowest BCUT2D eigenvalue weighted by Gasteiger charge is -2.22. The molecule has 1 aromatic carbocycles. The number of amides is 1. The highest BCUT2D eigenvalue weighted by molar-refractivity contribution is 14.1. The molecule has 0 saturated carbocycles. The number of nitrogens with one attached hydrogen (secondary N) is 2. The van der Waals surface area contributed by atoms with Crippen LogP contribution in [0.3, 0.4) is 0 Å². The van der Waals surface area contributed by atoms with Crippen molar-refractivity contribution in [1.82, 2.24) is 9.55 Å². The molecular formula is C23H25IN4O4. The van der Waals surface area contributed by atoms with Crippen molar-refractivity contribution in [3.8, 4) is 17.5 Å². The molecule has 0 bridgehead atoms. The van der Waals surface area contributed by atoms with Gasteiger partial charge < -0.3 is 14.5 Å². The molecule has 2 N–H and O–H groups in total. The van der Waals surface area contributed by atoms with Crippen molar-refractivity contribution in [2.75, 3.05) is 12.4 Å². The quantitative estimate of drug-likeness (QED) is 0.444. The zero-order chi connectivity index (χ0) is 24.0. The fourth-order valence-electron chi connectivity index (χ4n) is 3.66. The molecule has 9 heteroatoms. The standard InChI is InChI=1S/C23H25IN4O4/c1-11-8-9-15(31-7)12(2)18(11)28-20(27-22(30)32-23(4,5)6)14(10-25)16-19(29)17(24)13(3)26-21(16)28/h8-9H,1-7H3,(H,26,29)(H,27,30). The number of hydrogen-bond acceptors (Lipinski definition) is 5. The Labute approximate surface area is 199 Å². The minimum absolute atomic E-state index is 0.0617. The van der Waals surface area contributed by atoms with Crippen LogP contribution in [-0.2, 0) is 4.74 Å². The first-order valence-corrected chi connectivity index (χ1v) is 11.0. The normalized spacial score (nSPS) is 11.3. The van der Waals surface area contributed by atoms with Gasteiger partial charge in [-0.2, -0.15) is 5.26 Å². The molecule has 168 valence electrons. The summed E-state index contributed by atoms with van der Waals surface area (Å²) in [5.41, 5.74) is 2.47. The molecular weight excluding hydrogens is 523 g/mol. The van der Waals surface area contributed by atoms with Gasteiger partial charge in [-0.05, 0) is 75.8 Å². The number of fused-ring (bicyclic) bond motifs is 1. The maximum atomic E-state index is 13.2. The largest absolute Gasteiger partial charge is 0.496 e. The third kappa shape index (κ3) is 4.07. The summed E-state index contributed by atoms with van der Waals surface area (Å²) in [5.74, 6) is 0.796. The lowest BCUT2D eigenvalue weighted by Crippen LogP contribution is -2.28. The summed E-state index contributed by atoms with van der Waals surface area (Å²) < 4.78 is 13.1. The zero-order valence-corrected chi connectivity index (χ0v) is 21.2. The topological polar surface area (TPSA) is 109 Å². The van der Waals surface area contributed by atoms with E-state index in [0.29, 0.717) is 26.3 Å². The van der Waals surface area contributed by atoms with Crippen molar-refractivity contribution in [1.29, 1.82) is 5.26 Å². The average Bonchev–Trinajstić information content (AvgIpc) is 2.98. The summed E-state index contributed by atoms with van der Waals surface area (Å²) in [6.07, 6.45) is -0.727. The number of halogens is 1. The fourth-order valence-corrected chi connectivity index (χ4v) is 4.06. The van der Waals surface area contributed by atoms with Gasteiger partial charge in [-0.25, -0.2) is 4.79 Å². The summed E-state index contributed by atoms with van der Waals surface area (Å²) in [6, 6.07) is 5.84. The molecule has 0 aliphatic carbocycles. The summed E-state index contributed by atoms with van der Waals surface area (Å²) >= 11 is 1.96. The van der Waals surface area contributed by atoms with Crippen LogP contribution in [0.5, 0.6) is 5.75 Å². The van der Waals surface area contributed by atoms with Crippen LogP contribution in [0.15, 0.2) is 16.9 Å². The monoisotopic (exact) mass is 548 g/mol. The second kappa shape index (κ2) is 8.50. The number of anilines is 1. The highest BCUT2D eigenvalue weighted by Crippen LogP contribution is 2.36. The molecule has 0 aliphatic heterocycles. The lowest BCUT2D eigenvalue weighted by atomic mass is 10.1. The van der Waals surface area contributed by atoms with Crippen molar-refractivity contribution in [2.45, 2.75) is 47.1 Å². The number of nitriles is 1. The van der Waals surface area contributed by atoms with E-state index < -0.39 is 11.7 Å². The third-order valence-corrected chi connectivity index (χ3v) is 6.29. The second-order valence-electron chi connectivity index (χ2n) is 8.47. The second-order valence-corrected chi connectivity index (χ2v) is 9.55. The van der Waals surface area contributed by atoms with E-state index in [1.54, 1.807) is 39.4 Å². The smallest absolute Gasteiger partial charge is 0.413 e. The maximum absolute atomic E-state index is 13.2. The first kappa shape index (κ1) is 23.7. The number of pyridine rings is 1. The fraction of sp³-hybridized carbons (Fsp3) is 0.348. The summed E-state index contributed by atoms with van der Waals surface area (Å²) in [4.78, 5) is 29.1. The van der Waals surface area contributed by atoms with E-state index >= 15 is 0 Å². The Morgan fingerprint density at radius 3 is 2.47 bits per heavy atom. The van der Waals surface area contributed by atoms with Crippen molar-refractivity contribution in [3.05, 3.63) is 48.3 Å². The average molecular weight is 548 g/mol. The molecule has 8 nitrogen and oxygen atoms in total. The molecule has 0 saturated heterocycles. The van der Waals surface area contributed by atoms with Crippen LogP contribution in [0.25, 0.3) is 16.7 Å². The van der Waals surface area contributed by atoms with E-state index in [0.717, 1.165) is 11.1 Å². The van der Waals surface area contributed by atoms with E-state index in [-0.39, 0.29) is 22.2 Å². The SMILES string of the molecule is COc1ccc(C)c(-n2c(NC(=O)OC(C)(C)C)c(C#N)c3c(=O)c(I)c(C)[nH]c32)c1C. The minimum Gasteiger partial charge on any atom is -0.496 e. The third-order valence-electron chi connectivity index (χ3n) is 4.99. The molecule has 0 aliphatic rings. The summed E-state index contributed by atoms with van der Waals surface area (Å²) in [5, 5.41) is 12.9. The Bertz CT molecular complexity index is 1340. The summed E-state index contributed by atoms with van der Waals surface area (Å²) in [6.45, 7) is 10.8. The molecule has 0 fully saturated rings. The van der Waals surface area contributed by atoms with Gasteiger partial charge in [0.2, 0.25) is 5.43 Å². The number of aromatic amines is 1. The van der Waals surface area contributed by atoms with Gasteiger partial charge in [0, 0.05) is 11.3 Å². The predicted molar refractivity (Wildman–Crippen MR) is 132 cm³/mol. The number of aromatic nitrogens is 2. The van der Waals surface area contributed by atoms with Crippen LogP contribution in [-0.4, -0.2) is 28.4 Å². The van der Waals surface area contributed by atoms with Gasteiger partial charge in [-0.1, -0.05) is 6.07 Å². The Morgan fingerprint density at radius 2 is 1.91 bits per heavy atom.